The van der Waals surface area contributed by atoms with E-state index in [4.69, 9.17) is 9.47 Å². The van der Waals surface area contributed by atoms with Gasteiger partial charge in [0, 0.05) is 18.3 Å². The van der Waals surface area contributed by atoms with Gasteiger partial charge < -0.3 is 14.4 Å². The maximum atomic E-state index is 12.0. The van der Waals surface area contributed by atoms with Crippen LogP contribution >= 0.6 is 0 Å². The molecule has 1 aromatic rings. The topological polar surface area (TPSA) is 50.8 Å². The van der Waals surface area contributed by atoms with E-state index in [-0.39, 0.29) is 0 Å². The number of carbonyl (C=O) groups excluding carboxylic acids is 1. The van der Waals surface area contributed by atoms with Crippen LogP contribution in [0.15, 0.2) is 24.3 Å². The van der Waals surface area contributed by atoms with Gasteiger partial charge in [-0.3, -0.25) is 5.32 Å². The standard InChI is InChI=1S/C25H42N2O3/c1-2-3-4-5-6-7-8-12-20-29-24-16-13-15-23(22-24)26-25(28)30-21-14-19-27-17-10-9-11-18-27/h13,15-16,22H,2-12,14,17-21H2,1H3,(H,26,28). The second-order valence-corrected chi connectivity index (χ2v) is 8.37. The molecule has 1 amide bonds. The van der Waals surface area contributed by atoms with Crippen LogP contribution in [0, 0.1) is 0 Å². The third-order valence-corrected chi connectivity index (χ3v) is 5.65. The van der Waals surface area contributed by atoms with E-state index >= 15 is 0 Å². The minimum atomic E-state index is -0.395. The largest absolute Gasteiger partial charge is 0.494 e. The Morgan fingerprint density at radius 2 is 1.67 bits per heavy atom. The van der Waals surface area contributed by atoms with Crippen molar-refractivity contribution < 1.29 is 14.3 Å². The highest BCUT2D eigenvalue weighted by atomic mass is 16.5. The molecule has 0 aliphatic carbocycles. The first-order valence-corrected chi connectivity index (χ1v) is 12.2. The minimum Gasteiger partial charge on any atom is -0.494 e. The number of rotatable bonds is 15. The van der Waals surface area contributed by atoms with Gasteiger partial charge in [0.25, 0.3) is 0 Å². The Bertz CT molecular complexity index is 573. The summed E-state index contributed by atoms with van der Waals surface area (Å²) in [5, 5.41) is 2.80. The number of amides is 1. The monoisotopic (exact) mass is 418 g/mol. The van der Waals surface area contributed by atoms with Crippen LogP contribution in [-0.4, -0.2) is 43.8 Å². The van der Waals surface area contributed by atoms with Crippen LogP contribution < -0.4 is 10.1 Å². The highest BCUT2D eigenvalue weighted by molar-refractivity contribution is 5.84. The number of hydrogen-bond donors (Lipinski definition) is 1. The molecule has 0 radical (unpaired) electrons. The van der Waals surface area contributed by atoms with E-state index in [0.717, 1.165) is 31.7 Å². The van der Waals surface area contributed by atoms with Crippen LogP contribution in [0.5, 0.6) is 5.75 Å². The van der Waals surface area contributed by atoms with E-state index in [1.54, 1.807) is 0 Å². The number of anilines is 1. The summed E-state index contributed by atoms with van der Waals surface area (Å²) in [4.78, 5) is 14.5. The summed E-state index contributed by atoms with van der Waals surface area (Å²) in [7, 11) is 0. The molecule has 0 saturated carbocycles. The van der Waals surface area contributed by atoms with Crippen LogP contribution in [0.4, 0.5) is 10.5 Å². The molecule has 1 fully saturated rings. The highest BCUT2D eigenvalue weighted by Gasteiger charge is 2.10. The van der Waals surface area contributed by atoms with Crippen molar-refractivity contribution in [1.82, 2.24) is 4.90 Å². The van der Waals surface area contributed by atoms with Gasteiger partial charge in [-0.15, -0.1) is 0 Å². The molecule has 1 aliphatic heterocycles. The summed E-state index contributed by atoms with van der Waals surface area (Å²) >= 11 is 0. The lowest BCUT2D eigenvalue weighted by Crippen LogP contribution is -2.31. The van der Waals surface area contributed by atoms with Gasteiger partial charge in [0.2, 0.25) is 0 Å². The Hall–Kier alpha value is -1.75. The molecule has 0 bridgehead atoms. The lowest BCUT2D eigenvalue weighted by atomic mass is 10.1. The number of hydrogen-bond acceptors (Lipinski definition) is 4. The van der Waals surface area contributed by atoms with E-state index in [2.05, 4.69) is 17.1 Å². The Morgan fingerprint density at radius 1 is 0.933 bits per heavy atom. The predicted molar refractivity (Wildman–Crippen MR) is 124 cm³/mol. The fourth-order valence-corrected chi connectivity index (χ4v) is 3.88. The SMILES string of the molecule is CCCCCCCCCCOc1cccc(NC(=O)OCCCN2CCCCC2)c1. The van der Waals surface area contributed by atoms with Crippen molar-refractivity contribution in [1.29, 1.82) is 0 Å². The number of ether oxygens (including phenoxy) is 2. The van der Waals surface area contributed by atoms with Gasteiger partial charge >= 0.3 is 6.09 Å². The molecule has 5 heteroatoms. The van der Waals surface area contributed by atoms with Crippen LogP contribution in [0.3, 0.4) is 0 Å². The zero-order valence-corrected chi connectivity index (χ0v) is 19.0. The summed E-state index contributed by atoms with van der Waals surface area (Å²) in [6.45, 7) is 6.80. The molecular formula is C25H42N2O3. The average molecular weight is 419 g/mol. The molecule has 2 rings (SSSR count). The lowest BCUT2D eigenvalue weighted by Gasteiger charge is -2.26. The summed E-state index contributed by atoms with van der Waals surface area (Å²) in [5.74, 6) is 0.792. The number of unbranched alkanes of at least 4 members (excludes halogenated alkanes) is 7. The van der Waals surface area contributed by atoms with Gasteiger partial charge in [-0.05, 0) is 50.9 Å². The first kappa shape index (κ1) is 24.5. The number of likely N-dealkylation sites (tertiary alicyclic amines) is 1. The third kappa shape index (κ3) is 11.4. The molecule has 1 saturated heterocycles. The second kappa shape index (κ2) is 16.0. The Balaban J connectivity index is 1.53. The van der Waals surface area contributed by atoms with Crippen molar-refractivity contribution in [3.63, 3.8) is 0 Å². The van der Waals surface area contributed by atoms with Crippen molar-refractivity contribution in [2.24, 2.45) is 0 Å². The highest BCUT2D eigenvalue weighted by Crippen LogP contribution is 2.18. The zero-order chi connectivity index (χ0) is 21.3. The van der Waals surface area contributed by atoms with Crippen LogP contribution in [0.25, 0.3) is 0 Å². The molecule has 170 valence electrons. The maximum absolute atomic E-state index is 12.0. The summed E-state index contributed by atoms with van der Waals surface area (Å²) in [6.07, 6.45) is 14.7. The van der Waals surface area contributed by atoms with Gasteiger partial charge in [-0.2, -0.15) is 0 Å². The summed E-state index contributed by atoms with van der Waals surface area (Å²) in [5.41, 5.74) is 0.712. The van der Waals surface area contributed by atoms with Crippen molar-refractivity contribution >= 4 is 11.8 Å². The van der Waals surface area contributed by atoms with E-state index in [1.165, 1.54) is 77.3 Å². The Kier molecular flexibility index (Phi) is 13.1. The zero-order valence-electron chi connectivity index (χ0n) is 19.0. The van der Waals surface area contributed by atoms with E-state index in [1.807, 2.05) is 24.3 Å². The maximum Gasteiger partial charge on any atom is 0.411 e. The molecule has 0 atom stereocenters. The number of benzene rings is 1. The average Bonchev–Trinajstić information content (AvgIpc) is 2.76. The summed E-state index contributed by atoms with van der Waals surface area (Å²) in [6, 6.07) is 7.55. The molecule has 5 nitrogen and oxygen atoms in total. The van der Waals surface area contributed by atoms with Gasteiger partial charge in [0.05, 0.1) is 13.2 Å². The van der Waals surface area contributed by atoms with Gasteiger partial charge in [0.15, 0.2) is 0 Å². The lowest BCUT2D eigenvalue weighted by molar-refractivity contribution is 0.148. The molecule has 1 aliphatic rings. The summed E-state index contributed by atoms with van der Waals surface area (Å²) < 4.78 is 11.2. The molecule has 1 N–H and O–H groups in total. The molecule has 1 aromatic carbocycles. The van der Waals surface area contributed by atoms with Crippen LogP contribution in [0.2, 0.25) is 0 Å². The quantitative estimate of drug-likeness (QED) is 0.325. The first-order valence-electron chi connectivity index (χ1n) is 12.2. The molecular weight excluding hydrogens is 376 g/mol. The fourth-order valence-electron chi connectivity index (χ4n) is 3.88. The van der Waals surface area contributed by atoms with E-state index in [0.29, 0.717) is 12.3 Å². The number of nitrogens with zero attached hydrogens (tertiary/aromatic N) is 1. The molecule has 1 heterocycles. The van der Waals surface area contributed by atoms with Crippen LogP contribution in [0.1, 0.15) is 84.0 Å². The third-order valence-electron chi connectivity index (χ3n) is 5.65. The van der Waals surface area contributed by atoms with Gasteiger partial charge in [-0.1, -0.05) is 64.4 Å². The smallest absolute Gasteiger partial charge is 0.411 e. The molecule has 30 heavy (non-hydrogen) atoms. The van der Waals surface area contributed by atoms with E-state index in [9.17, 15) is 4.79 Å². The first-order chi connectivity index (χ1) is 14.8. The van der Waals surface area contributed by atoms with Crippen molar-refractivity contribution in [2.75, 3.05) is 38.2 Å². The van der Waals surface area contributed by atoms with Crippen molar-refractivity contribution in [3.05, 3.63) is 24.3 Å². The Morgan fingerprint density at radius 3 is 2.43 bits per heavy atom. The molecule has 0 spiro atoms. The number of carbonyl (C=O) groups is 1. The van der Waals surface area contributed by atoms with E-state index < -0.39 is 6.09 Å². The Labute approximate surface area is 183 Å². The molecule has 0 aromatic heterocycles. The second-order valence-electron chi connectivity index (χ2n) is 8.37. The number of nitrogens with one attached hydrogen (secondary N) is 1. The van der Waals surface area contributed by atoms with Crippen molar-refractivity contribution in [2.45, 2.75) is 84.0 Å². The number of piperidine rings is 1. The van der Waals surface area contributed by atoms with Gasteiger partial charge in [0.1, 0.15) is 5.75 Å². The minimum absolute atomic E-state index is 0.395. The van der Waals surface area contributed by atoms with Crippen molar-refractivity contribution in [3.8, 4) is 5.75 Å². The fraction of sp³-hybridized carbons (Fsp3) is 0.720. The predicted octanol–water partition coefficient (Wildman–Crippen LogP) is 6.63. The molecule has 0 unspecified atom stereocenters. The van der Waals surface area contributed by atoms with Gasteiger partial charge in [-0.25, -0.2) is 4.79 Å². The van der Waals surface area contributed by atoms with Crippen LogP contribution in [-0.2, 0) is 4.74 Å². The normalized spacial score (nSPS) is 14.4.